The lowest BCUT2D eigenvalue weighted by Crippen LogP contribution is -2.18. The highest BCUT2D eigenvalue weighted by molar-refractivity contribution is 7.91. The molecule has 132 valence electrons. The summed E-state index contributed by atoms with van der Waals surface area (Å²) in [6.45, 7) is 0. The van der Waals surface area contributed by atoms with E-state index >= 15 is 0 Å². The minimum Gasteiger partial charge on any atom is -0.294 e. The van der Waals surface area contributed by atoms with Crippen molar-refractivity contribution in [3.05, 3.63) is 101 Å². The summed E-state index contributed by atoms with van der Waals surface area (Å²) in [7, 11) is -3.75. The van der Waals surface area contributed by atoms with Gasteiger partial charge in [0.2, 0.25) is 0 Å². The van der Waals surface area contributed by atoms with E-state index in [4.69, 9.17) is 11.6 Å². The summed E-state index contributed by atoms with van der Waals surface area (Å²) in [6, 6.07) is 23.6. The SMILES string of the molecule is O=C(C[C@H](c1ccccc1)S(=O)(=O)c1ccc(Cl)cc1)c1ccccc1. The van der Waals surface area contributed by atoms with Gasteiger partial charge in [-0.1, -0.05) is 72.3 Å². The molecule has 0 bridgehead atoms. The molecule has 5 heteroatoms. The lowest BCUT2D eigenvalue weighted by molar-refractivity contribution is 0.0980. The van der Waals surface area contributed by atoms with Gasteiger partial charge in [0.1, 0.15) is 0 Å². The topological polar surface area (TPSA) is 51.2 Å². The molecule has 0 unspecified atom stereocenters. The van der Waals surface area contributed by atoms with Crippen LogP contribution in [0.15, 0.2) is 89.8 Å². The molecule has 0 fully saturated rings. The molecule has 0 amide bonds. The highest BCUT2D eigenvalue weighted by atomic mass is 35.5. The van der Waals surface area contributed by atoms with E-state index in [1.54, 1.807) is 48.5 Å². The third-order valence-corrected chi connectivity index (χ3v) is 6.52. The van der Waals surface area contributed by atoms with Crippen molar-refractivity contribution in [2.75, 3.05) is 0 Å². The fourth-order valence-corrected chi connectivity index (χ4v) is 4.63. The number of halogens is 1. The minimum atomic E-state index is -3.75. The Morgan fingerprint density at radius 3 is 1.92 bits per heavy atom. The van der Waals surface area contributed by atoms with Gasteiger partial charge in [-0.3, -0.25) is 4.79 Å². The summed E-state index contributed by atoms with van der Waals surface area (Å²) < 4.78 is 26.4. The zero-order valence-corrected chi connectivity index (χ0v) is 15.5. The first kappa shape index (κ1) is 18.4. The summed E-state index contributed by atoms with van der Waals surface area (Å²) in [5, 5.41) is -0.502. The second-order valence-electron chi connectivity index (χ2n) is 5.89. The molecule has 0 saturated heterocycles. The van der Waals surface area contributed by atoms with Crippen LogP contribution in [0.5, 0.6) is 0 Å². The van der Waals surface area contributed by atoms with Crippen LogP contribution in [0, 0.1) is 0 Å². The number of Topliss-reactive ketones (excluding diaryl/α,β-unsaturated/α-hetero) is 1. The summed E-state index contributed by atoms with van der Waals surface area (Å²) >= 11 is 5.87. The molecular formula is C21H17ClO3S. The van der Waals surface area contributed by atoms with Gasteiger partial charge in [-0.2, -0.15) is 0 Å². The number of carbonyl (C=O) groups excluding carboxylic acids is 1. The molecule has 0 spiro atoms. The van der Waals surface area contributed by atoms with E-state index < -0.39 is 15.1 Å². The van der Waals surface area contributed by atoms with Crippen molar-refractivity contribution in [3.8, 4) is 0 Å². The minimum absolute atomic E-state index is 0.126. The molecule has 0 aromatic heterocycles. The van der Waals surface area contributed by atoms with E-state index in [1.807, 2.05) is 12.1 Å². The van der Waals surface area contributed by atoms with Gasteiger partial charge in [0.25, 0.3) is 0 Å². The molecule has 0 radical (unpaired) electrons. The zero-order chi connectivity index (χ0) is 18.6. The molecular weight excluding hydrogens is 368 g/mol. The van der Waals surface area contributed by atoms with Gasteiger partial charge in [-0.25, -0.2) is 8.42 Å². The summed E-state index contributed by atoms with van der Waals surface area (Å²) in [6.07, 6.45) is -0.126. The number of sulfone groups is 1. The Hall–Kier alpha value is -2.43. The second kappa shape index (κ2) is 7.85. The Kier molecular flexibility index (Phi) is 5.55. The van der Waals surface area contributed by atoms with Crippen molar-refractivity contribution in [2.24, 2.45) is 0 Å². The highest BCUT2D eigenvalue weighted by Gasteiger charge is 2.31. The molecule has 3 aromatic rings. The van der Waals surface area contributed by atoms with Gasteiger partial charge >= 0.3 is 0 Å². The number of ketones is 1. The molecule has 0 N–H and O–H groups in total. The summed E-state index contributed by atoms with van der Waals surface area (Å²) in [4.78, 5) is 12.8. The van der Waals surface area contributed by atoms with Crippen LogP contribution in [0.4, 0.5) is 0 Å². The molecule has 1 atom stereocenters. The highest BCUT2D eigenvalue weighted by Crippen LogP contribution is 2.33. The van der Waals surface area contributed by atoms with E-state index in [1.165, 1.54) is 24.3 Å². The Labute approximate surface area is 158 Å². The van der Waals surface area contributed by atoms with Crippen LogP contribution in [-0.2, 0) is 9.84 Å². The molecule has 0 heterocycles. The normalized spacial score (nSPS) is 12.5. The maximum Gasteiger partial charge on any atom is 0.185 e. The standard InChI is InChI=1S/C21H17ClO3S/c22-18-11-13-19(14-12-18)26(24,25)21(17-9-5-2-6-10-17)15-20(23)16-7-3-1-4-8-16/h1-14,21H,15H2/t21-/m1/s1. The first-order valence-electron chi connectivity index (χ1n) is 8.11. The number of hydrogen-bond donors (Lipinski definition) is 0. The largest absolute Gasteiger partial charge is 0.294 e. The number of rotatable bonds is 6. The third kappa shape index (κ3) is 4.03. The van der Waals surface area contributed by atoms with Gasteiger partial charge in [0, 0.05) is 17.0 Å². The summed E-state index contributed by atoms with van der Waals surface area (Å²) in [5.74, 6) is -0.211. The second-order valence-corrected chi connectivity index (χ2v) is 8.46. The Morgan fingerprint density at radius 1 is 0.808 bits per heavy atom. The lowest BCUT2D eigenvalue weighted by Gasteiger charge is -2.18. The Balaban J connectivity index is 2.01. The van der Waals surface area contributed by atoms with Crippen molar-refractivity contribution in [1.82, 2.24) is 0 Å². The predicted octanol–water partition coefficient (Wildman–Crippen LogP) is 5.13. The molecule has 3 rings (SSSR count). The summed E-state index contributed by atoms with van der Waals surface area (Å²) in [5.41, 5.74) is 1.09. The third-order valence-electron chi connectivity index (χ3n) is 4.15. The maximum absolute atomic E-state index is 13.2. The van der Waals surface area contributed by atoms with Crippen LogP contribution in [0.3, 0.4) is 0 Å². The van der Waals surface area contributed by atoms with E-state index in [2.05, 4.69) is 0 Å². The number of carbonyl (C=O) groups is 1. The average Bonchev–Trinajstić information content (AvgIpc) is 2.67. The first-order valence-corrected chi connectivity index (χ1v) is 10.0. The van der Waals surface area contributed by atoms with Crippen LogP contribution < -0.4 is 0 Å². The molecule has 0 saturated carbocycles. The predicted molar refractivity (Wildman–Crippen MR) is 103 cm³/mol. The molecule has 3 aromatic carbocycles. The molecule has 0 aliphatic rings. The first-order chi connectivity index (χ1) is 12.5. The number of benzene rings is 3. The zero-order valence-electron chi connectivity index (χ0n) is 13.9. The van der Waals surface area contributed by atoms with E-state index in [-0.39, 0.29) is 17.1 Å². The average molecular weight is 385 g/mol. The maximum atomic E-state index is 13.2. The van der Waals surface area contributed by atoms with Crippen LogP contribution in [0.25, 0.3) is 0 Å². The smallest absolute Gasteiger partial charge is 0.185 e. The fraction of sp³-hybridized carbons (Fsp3) is 0.0952. The molecule has 0 aliphatic heterocycles. The van der Waals surface area contributed by atoms with Gasteiger partial charge in [-0.15, -0.1) is 0 Å². The Bertz CT molecular complexity index is 982. The van der Waals surface area contributed by atoms with Crippen molar-refractivity contribution in [2.45, 2.75) is 16.6 Å². The molecule has 0 aliphatic carbocycles. The van der Waals surface area contributed by atoms with Gasteiger partial charge in [0.15, 0.2) is 15.6 Å². The van der Waals surface area contributed by atoms with E-state index in [0.717, 1.165) is 0 Å². The van der Waals surface area contributed by atoms with Crippen molar-refractivity contribution in [1.29, 1.82) is 0 Å². The van der Waals surface area contributed by atoms with Gasteiger partial charge < -0.3 is 0 Å². The van der Waals surface area contributed by atoms with Gasteiger partial charge in [0.05, 0.1) is 10.1 Å². The lowest BCUT2D eigenvalue weighted by atomic mass is 10.0. The number of hydrogen-bond acceptors (Lipinski definition) is 3. The van der Waals surface area contributed by atoms with Crippen molar-refractivity contribution < 1.29 is 13.2 Å². The molecule has 3 nitrogen and oxygen atoms in total. The van der Waals surface area contributed by atoms with Crippen molar-refractivity contribution >= 4 is 27.2 Å². The van der Waals surface area contributed by atoms with Crippen LogP contribution >= 0.6 is 11.6 Å². The van der Waals surface area contributed by atoms with Crippen molar-refractivity contribution in [3.63, 3.8) is 0 Å². The van der Waals surface area contributed by atoms with Gasteiger partial charge in [-0.05, 0) is 29.8 Å². The molecule has 26 heavy (non-hydrogen) atoms. The van der Waals surface area contributed by atoms with Crippen LogP contribution in [0.2, 0.25) is 5.02 Å². The van der Waals surface area contributed by atoms with Crippen LogP contribution in [0.1, 0.15) is 27.6 Å². The van der Waals surface area contributed by atoms with Crippen LogP contribution in [-0.4, -0.2) is 14.2 Å². The van der Waals surface area contributed by atoms with E-state index in [9.17, 15) is 13.2 Å². The Morgan fingerprint density at radius 2 is 1.35 bits per heavy atom. The quantitative estimate of drug-likeness (QED) is 0.553. The monoisotopic (exact) mass is 384 g/mol. The van der Waals surface area contributed by atoms with E-state index in [0.29, 0.717) is 16.1 Å². The fourth-order valence-electron chi connectivity index (χ4n) is 2.77.